The van der Waals surface area contributed by atoms with Gasteiger partial charge in [-0.3, -0.25) is 0 Å². The highest BCUT2D eigenvalue weighted by molar-refractivity contribution is 5.68. The number of carbonyl (C=O) groups is 1. The fourth-order valence-electron chi connectivity index (χ4n) is 0.963. The summed E-state index contributed by atoms with van der Waals surface area (Å²) in [6.07, 6.45) is 3.68. The molecule has 0 aliphatic carbocycles. The van der Waals surface area contributed by atoms with Gasteiger partial charge in [0.15, 0.2) is 0 Å². The van der Waals surface area contributed by atoms with Crippen LogP contribution in [0, 0.1) is 0 Å². The first kappa shape index (κ1) is 10.5. The number of benzene rings is 1. The Balaban J connectivity index is 2.25. The molecule has 0 aliphatic rings. The highest BCUT2D eigenvalue weighted by Gasteiger charge is 1.92. The van der Waals surface area contributed by atoms with Crippen molar-refractivity contribution >= 4 is 12.0 Å². The summed E-state index contributed by atoms with van der Waals surface area (Å²) in [5, 5.41) is 8.28. The van der Waals surface area contributed by atoms with E-state index in [4.69, 9.17) is 9.84 Å². The van der Waals surface area contributed by atoms with Crippen molar-refractivity contribution in [3.8, 4) is 0 Å². The molecule has 0 heterocycles. The van der Waals surface area contributed by atoms with Crippen LogP contribution < -0.4 is 0 Å². The van der Waals surface area contributed by atoms with Crippen molar-refractivity contribution in [2.24, 2.45) is 0 Å². The smallest absolute Gasteiger partial charge is 0.329 e. The van der Waals surface area contributed by atoms with Crippen molar-refractivity contribution in [1.29, 1.82) is 0 Å². The normalized spacial score (nSPS) is 10.6. The minimum absolute atomic E-state index is 0.251. The van der Waals surface area contributed by atoms with E-state index in [0.717, 1.165) is 5.56 Å². The molecule has 1 N–H and O–H groups in total. The standard InChI is InChI=1S/C11H12O3/c12-11(13)9-14-8-4-7-10-5-2-1-3-6-10/h1-7H,8-9H2,(H,12,13). The van der Waals surface area contributed by atoms with Gasteiger partial charge >= 0.3 is 5.97 Å². The average Bonchev–Trinajstić information content (AvgIpc) is 2.18. The molecule has 1 rings (SSSR count). The Kier molecular flexibility index (Phi) is 4.44. The summed E-state index contributed by atoms with van der Waals surface area (Å²) in [5.74, 6) is -0.946. The zero-order chi connectivity index (χ0) is 10.2. The number of ether oxygens (including phenoxy) is 1. The highest BCUT2D eigenvalue weighted by Crippen LogP contribution is 2.00. The molecule has 0 unspecified atom stereocenters. The molecule has 3 nitrogen and oxygen atoms in total. The van der Waals surface area contributed by atoms with E-state index < -0.39 is 5.97 Å². The molecule has 0 radical (unpaired) electrons. The van der Waals surface area contributed by atoms with Gasteiger partial charge in [0.2, 0.25) is 0 Å². The Hall–Kier alpha value is -1.61. The van der Waals surface area contributed by atoms with Crippen molar-refractivity contribution in [2.45, 2.75) is 0 Å². The number of carboxylic acids is 1. The molecule has 14 heavy (non-hydrogen) atoms. The van der Waals surface area contributed by atoms with Crippen molar-refractivity contribution < 1.29 is 14.6 Å². The summed E-state index contributed by atoms with van der Waals surface area (Å²) in [7, 11) is 0. The van der Waals surface area contributed by atoms with Crippen LogP contribution in [-0.4, -0.2) is 24.3 Å². The summed E-state index contributed by atoms with van der Waals surface area (Å²) in [4.78, 5) is 10.1. The fourth-order valence-corrected chi connectivity index (χ4v) is 0.963. The maximum Gasteiger partial charge on any atom is 0.329 e. The van der Waals surface area contributed by atoms with Gasteiger partial charge < -0.3 is 9.84 Å². The first-order valence-electron chi connectivity index (χ1n) is 4.30. The summed E-state index contributed by atoms with van der Waals surface area (Å²) in [6, 6.07) is 9.76. The Bertz CT molecular complexity index is 304. The van der Waals surface area contributed by atoms with Gasteiger partial charge in [0.1, 0.15) is 6.61 Å². The molecule has 0 saturated heterocycles. The second kappa shape index (κ2) is 5.94. The van der Waals surface area contributed by atoms with Crippen LogP contribution in [0.4, 0.5) is 0 Å². The van der Waals surface area contributed by atoms with E-state index in [2.05, 4.69) is 0 Å². The molecular formula is C11H12O3. The summed E-state index contributed by atoms with van der Waals surface area (Å²) in [5.41, 5.74) is 1.08. The average molecular weight is 192 g/mol. The summed E-state index contributed by atoms with van der Waals surface area (Å²) >= 11 is 0. The van der Waals surface area contributed by atoms with Crippen LogP contribution in [0.5, 0.6) is 0 Å². The third-order valence-electron chi connectivity index (χ3n) is 1.55. The molecule has 74 valence electrons. The van der Waals surface area contributed by atoms with Crippen molar-refractivity contribution in [1.82, 2.24) is 0 Å². The molecule has 0 fully saturated rings. The van der Waals surface area contributed by atoms with Gasteiger partial charge in [-0.2, -0.15) is 0 Å². The molecule has 0 saturated carbocycles. The SMILES string of the molecule is O=C(O)COCC=Cc1ccccc1. The van der Waals surface area contributed by atoms with Crippen LogP contribution in [0.1, 0.15) is 5.56 Å². The summed E-state index contributed by atoms with van der Waals surface area (Å²) < 4.78 is 4.83. The lowest BCUT2D eigenvalue weighted by molar-refractivity contribution is -0.141. The fraction of sp³-hybridized carbons (Fsp3) is 0.182. The lowest BCUT2D eigenvalue weighted by Crippen LogP contribution is -2.06. The Morgan fingerprint density at radius 3 is 2.71 bits per heavy atom. The van der Waals surface area contributed by atoms with Crippen molar-refractivity contribution in [3.05, 3.63) is 42.0 Å². The van der Waals surface area contributed by atoms with Gasteiger partial charge in [-0.05, 0) is 5.56 Å². The monoisotopic (exact) mass is 192 g/mol. The lowest BCUT2D eigenvalue weighted by Gasteiger charge is -1.94. The van der Waals surface area contributed by atoms with E-state index in [1.54, 1.807) is 6.08 Å². The highest BCUT2D eigenvalue weighted by atomic mass is 16.5. The van der Waals surface area contributed by atoms with Crippen LogP contribution in [0.3, 0.4) is 0 Å². The van der Waals surface area contributed by atoms with Crippen LogP contribution >= 0.6 is 0 Å². The second-order valence-corrected chi connectivity index (χ2v) is 2.72. The molecule has 1 aromatic rings. The Labute approximate surface area is 82.6 Å². The molecule has 3 heteroatoms. The first-order valence-corrected chi connectivity index (χ1v) is 4.30. The minimum Gasteiger partial charge on any atom is -0.480 e. The number of hydrogen-bond acceptors (Lipinski definition) is 2. The number of carboxylic acid groups (broad SMARTS) is 1. The molecule has 0 amide bonds. The lowest BCUT2D eigenvalue weighted by atomic mass is 10.2. The topological polar surface area (TPSA) is 46.5 Å². The van der Waals surface area contributed by atoms with E-state index in [1.807, 2.05) is 36.4 Å². The van der Waals surface area contributed by atoms with Gasteiger partial charge in [0.05, 0.1) is 6.61 Å². The van der Waals surface area contributed by atoms with E-state index in [-0.39, 0.29) is 6.61 Å². The third kappa shape index (κ3) is 4.42. The molecule has 0 atom stereocenters. The van der Waals surface area contributed by atoms with E-state index in [1.165, 1.54) is 0 Å². The van der Waals surface area contributed by atoms with Gasteiger partial charge in [-0.25, -0.2) is 4.79 Å². The van der Waals surface area contributed by atoms with Crippen molar-refractivity contribution in [3.63, 3.8) is 0 Å². The number of rotatable bonds is 5. The van der Waals surface area contributed by atoms with Crippen molar-refractivity contribution in [2.75, 3.05) is 13.2 Å². The van der Waals surface area contributed by atoms with E-state index in [0.29, 0.717) is 6.61 Å². The predicted molar refractivity (Wildman–Crippen MR) is 53.9 cm³/mol. The van der Waals surface area contributed by atoms with E-state index in [9.17, 15) is 4.79 Å². The molecule has 0 aromatic heterocycles. The quantitative estimate of drug-likeness (QED) is 0.723. The minimum atomic E-state index is -0.946. The largest absolute Gasteiger partial charge is 0.480 e. The maximum absolute atomic E-state index is 10.1. The summed E-state index contributed by atoms with van der Waals surface area (Å²) in [6.45, 7) is 0.0698. The zero-order valence-electron chi connectivity index (χ0n) is 7.72. The molecule has 0 aliphatic heterocycles. The molecular weight excluding hydrogens is 180 g/mol. The van der Waals surface area contributed by atoms with Crippen LogP contribution in [0.25, 0.3) is 6.08 Å². The maximum atomic E-state index is 10.1. The molecule has 1 aromatic carbocycles. The van der Waals surface area contributed by atoms with Gasteiger partial charge in [-0.15, -0.1) is 0 Å². The first-order chi connectivity index (χ1) is 6.79. The van der Waals surface area contributed by atoms with Crippen LogP contribution in [0.15, 0.2) is 36.4 Å². The number of aliphatic carboxylic acids is 1. The van der Waals surface area contributed by atoms with Gasteiger partial charge in [-0.1, -0.05) is 42.5 Å². The molecule has 0 spiro atoms. The zero-order valence-corrected chi connectivity index (χ0v) is 7.72. The second-order valence-electron chi connectivity index (χ2n) is 2.72. The van der Waals surface area contributed by atoms with E-state index >= 15 is 0 Å². The van der Waals surface area contributed by atoms with Crippen LogP contribution in [0.2, 0.25) is 0 Å². The van der Waals surface area contributed by atoms with Gasteiger partial charge in [0, 0.05) is 0 Å². The third-order valence-corrected chi connectivity index (χ3v) is 1.55. The van der Waals surface area contributed by atoms with Gasteiger partial charge in [0.25, 0.3) is 0 Å². The Morgan fingerprint density at radius 1 is 1.36 bits per heavy atom. The Morgan fingerprint density at radius 2 is 2.07 bits per heavy atom. The van der Waals surface area contributed by atoms with Crippen LogP contribution in [-0.2, 0) is 9.53 Å². The number of hydrogen-bond donors (Lipinski definition) is 1. The molecule has 0 bridgehead atoms. The predicted octanol–water partition coefficient (Wildman–Crippen LogP) is 1.80.